The van der Waals surface area contributed by atoms with Crippen LogP contribution >= 0.6 is 0 Å². The first-order valence-corrected chi connectivity index (χ1v) is 10.6. The Hall–Kier alpha value is -3.89. The molecule has 3 aromatic rings. The Morgan fingerprint density at radius 2 is 1.91 bits per heavy atom. The molecule has 0 aliphatic carbocycles. The monoisotopic (exact) mass is 472 g/mol. The Balaban J connectivity index is 1.34. The molecule has 0 saturated carbocycles. The molecule has 1 aromatic heterocycles. The number of nitrogens with zero attached hydrogens (tertiary/aromatic N) is 4. The Bertz CT molecular complexity index is 1170. The van der Waals surface area contributed by atoms with Gasteiger partial charge in [-0.1, -0.05) is 46.7 Å². The van der Waals surface area contributed by atoms with Gasteiger partial charge >= 0.3 is 6.18 Å². The number of alkyl halides is 3. The lowest BCUT2D eigenvalue weighted by atomic mass is 10.1. The summed E-state index contributed by atoms with van der Waals surface area (Å²) in [6.45, 7) is 3.10. The van der Waals surface area contributed by atoms with Crippen molar-refractivity contribution < 1.29 is 22.5 Å². The number of guanidine groups is 1. The van der Waals surface area contributed by atoms with Crippen LogP contribution in [0.25, 0.3) is 11.4 Å². The number of halogens is 3. The molecule has 0 radical (unpaired) electrons. The molecule has 8 nitrogen and oxygen atoms in total. The van der Waals surface area contributed by atoms with E-state index in [4.69, 9.17) is 20.5 Å². The SMILES string of the molecule is CC(=NOCc1ccc(C(F)(F)F)cc1)c1ccc(-c2noc(C3CCN(C(=N)N)C3)n2)cc1. The van der Waals surface area contributed by atoms with Crippen molar-refractivity contribution in [1.29, 1.82) is 5.41 Å². The number of rotatable bonds is 6. The van der Waals surface area contributed by atoms with E-state index in [1.807, 2.05) is 24.3 Å². The summed E-state index contributed by atoms with van der Waals surface area (Å²) in [6, 6.07) is 12.1. The largest absolute Gasteiger partial charge is 0.416 e. The summed E-state index contributed by atoms with van der Waals surface area (Å²) in [7, 11) is 0. The second kappa shape index (κ2) is 9.54. The molecule has 1 atom stereocenters. The summed E-state index contributed by atoms with van der Waals surface area (Å²) >= 11 is 0. The van der Waals surface area contributed by atoms with E-state index in [2.05, 4.69) is 15.3 Å². The molecule has 2 heterocycles. The van der Waals surface area contributed by atoms with Gasteiger partial charge in [-0.05, 0) is 36.6 Å². The van der Waals surface area contributed by atoms with Gasteiger partial charge in [-0.3, -0.25) is 5.41 Å². The van der Waals surface area contributed by atoms with E-state index in [1.165, 1.54) is 12.1 Å². The highest BCUT2D eigenvalue weighted by Gasteiger charge is 2.30. The van der Waals surface area contributed by atoms with Crippen LogP contribution in [0.15, 0.2) is 58.2 Å². The summed E-state index contributed by atoms with van der Waals surface area (Å²) in [4.78, 5) is 11.6. The lowest BCUT2D eigenvalue weighted by molar-refractivity contribution is -0.137. The number of hydrogen-bond donors (Lipinski definition) is 2. The van der Waals surface area contributed by atoms with Crippen molar-refractivity contribution in [1.82, 2.24) is 15.0 Å². The van der Waals surface area contributed by atoms with Gasteiger partial charge in [0.25, 0.3) is 0 Å². The van der Waals surface area contributed by atoms with Gasteiger partial charge in [-0.2, -0.15) is 18.2 Å². The van der Waals surface area contributed by atoms with Gasteiger partial charge in [0.05, 0.1) is 17.2 Å². The third-order valence-electron chi connectivity index (χ3n) is 5.59. The van der Waals surface area contributed by atoms with Crippen LogP contribution in [-0.4, -0.2) is 39.8 Å². The Kier molecular flexibility index (Phi) is 6.53. The highest BCUT2D eigenvalue weighted by molar-refractivity contribution is 5.98. The lowest BCUT2D eigenvalue weighted by Crippen LogP contribution is -2.34. The predicted octanol–water partition coefficient (Wildman–Crippen LogP) is 4.38. The van der Waals surface area contributed by atoms with E-state index in [9.17, 15) is 13.2 Å². The van der Waals surface area contributed by atoms with Crippen LogP contribution in [0.2, 0.25) is 0 Å². The Labute approximate surface area is 193 Å². The van der Waals surface area contributed by atoms with Crippen LogP contribution in [0.1, 0.15) is 41.8 Å². The number of likely N-dealkylation sites (tertiary alicyclic amines) is 1. The topological polar surface area (TPSA) is 114 Å². The van der Waals surface area contributed by atoms with Crippen LogP contribution in [0.4, 0.5) is 13.2 Å². The van der Waals surface area contributed by atoms with Gasteiger partial charge in [0.15, 0.2) is 5.96 Å². The zero-order chi connectivity index (χ0) is 24.3. The first-order chi connectivity index (χ1) is 16.2. The minimum atomic E-state index is -4.36. The van der Waals surface area contributed by atoms with Crippen molar-refractivity contribution in [2.24, 2.45) is 10.9 Å². The number of nitrogens with two attached hydrogens (primary N) is 1. The normalized spacial score (nSPS) is 16.6. The van der Waals surface area contributed by atoms with E-state index < -0.39 is 11.7 Å². The standard InChI is InChI=1S/C23H23F3N6O2/c1-14(30-33-13-15-2-8-19(9-3-15)23(24,25)26)16-4-6-17(7-5-16)20-29-21(34-31-20)18-10-11-32(12-18)22(27)28/h2-9,18H,10-13H2,1H3,(H3,27,28). The zero-order valence-electron chi connectivity index (χ0n) is 18.3. The van der Waals surface area contributed by atoms with E-state index in [0.717, 1.165) is 29.7 Å². The maximum absolute atomic E-state index is 12.6. The molecule has 0 amide bonds. The molecule has 0 spiro atoms. The van der Waals surface area contributed by atoms with Crippen LogP contribution in [0.5, 0.6) is 0 Å². The molecule has 1 saturated heterocycles. The lowest BCUT2D eigenvalue weighted by Gasteiger charge is -2.14. The highest BCUT2D eigenvalue weighted by Crippen LogP contribution is 2.29. The van der Waals surface area contributed by atoms with Crippen molar-refractivity contribution in [2.75, 3.05) is 13.1 Å². The minimum Gasteiger partial charge on any atom is -0.391 e. The van der Waals surface area contributed by atoms with Gasteiger partial charge in [0, 0.05) is 18.7 Å². The fraction of sp³-hybridized carbons (Fsp3) is 0.304. The zero-order valence-corrected chi connectivity index (χ0v) is 18.3. The van der Waals surface area contributed by atoms with Crippen molar-refractivity contribution >= 4 is 11.7 Å². The molecule has 3 N–H and O–H groups in total. The molecule has 34 heavy (non-hydrogen) atoms. The number of nitrogens with one attached hydrogen (secondary N) is 1. The van der Waals surface area contributed by atoms with Crippen molar-refractivity contribution in [2.45, 2.75) is 32.0 Å². The minimum absolute atomic E-state index is 0.0400. The highest BCUT2D eigenvalue weighted by atomic mass is 19.4. The Morgan fingerprint density at radius 3 is 2.53 bits per heavy atom. The van der Waals surface area contributed by atoms with Crippen molar-refractivity contribution in [3.63, 3.8) is 0 Å². The second-order valence-electron chi connectivity index (χ2n) is 8.00. The third kappa shape index (κ3) is 5.36. The first-order valence-electron chi connectivity index (χ1n) is 10.6. The molecule has 1 aliphatic rings. The van der Waals surface area contributed by atoms with Gasteiger partial charge in [0.1, 0.15) is 6.61 Å². The summed E-state index contributed by atoms with van der Waals surface area (Å²) in [6.07, 6.45) is -3.57. The van der Waals surface area contributed by atoms with Crippen molar-refractivity contribution in [3.05, 3.63) is 71.1 Å². The average molecular weight is 472 g/mol. The Morgan fingerprint density at radius 1 is 1.21 bits per heavy atom. The number of aromatic nitrogens is 2. The van der Waals surface area contributed by atoms with E-state index in [-0.39, 0.29) is 18.5 Å². The fourth-order valence-electron chi connectivity index (χ4n) is 3.61. The summed E-state index contributed by atoms with van der Waals surface area (Å²) in [5, 5.41) is 15.7. The molecule has 178 valence electrons. The fourth-order valence-corrected chi connectivity index (χ4v) is 3.61. The molecule has 1 aliphatic heterocycles. The molecule has 11 heteroatoms. The predicted molar refractivity (Wildman–Crippen MR) is 119 cm³/mol. The van der Waals surface area contributed by atoms with E-state index >= 15 is 0 Å². The molecule has 1 fully saturated rings. The van der Waals surface area contributed by atoms with Crippen LogP contribution < -0.4 is 5.73 Å². The maximum Gasteiger partial charge on any atom is 0.416 e. The van der Waals surface area contributed by atoms with E-state index in [1.54, 1.807) is 11.8 Å². The van der Waals surface area contributed by atoms with Gasteiger partial charge < -0.3 is 20.0 Å². The number of oxime groups is 1. The molecule has 0 bridgehead atoms. The van der Waals surface area contributed by atoms with Gasteiger partial charge in [-0.25, -0.2) is 0 Å². The summed E-state index contributed by atoms with van der Waals surface area (Å²) < 4.78 is 43.3. The van der Waals surface area contributed by atoms with Crippen LogP contribution in [-0.2, 0) is 17.6 Å². The number of benzene rings is 2. The van der Waals surface area contributed by atoms with Crippen molar-refractivity contribution in [3.8, 4) is 11.4 Å². The molecule has 2 aromatic carbocycles. The smallest absolute Gasteiger partial charge is 0.391 e. The molecule has 1 unspecified atom stereocenters. The van der Waals surface area contributed by atoms with Gasteiger partial charge in [0.2, 0.25) is 11.7 Å². The van der Waals surface area contributed by atoms with Crippen LogP contribution in [0, 0.1) is 5.41 Å². The van der Waals surface area contributed by atoms with Crippen LogP contribution in [0.3, 0.4) is 0 Å². The summed E-state index contributed by atoms with van der Waals surface area (Å²) in [5.41, 5.74) is 7.62. The average Bonchev–Trinajstić information content (AvgIpc) is 3.49. The molecular formula is C23H23F3N6O2. The maximum atomic E-state index is 12.6. The third-order valence-corrected chi connectivity index (χ3v) is 5.59. The second-order valence-corrected chi connectivity index (χ2v) is 8.00. The van der Waals surface area contributed by atoms with Gasteiger partial charge in [-0.15, -0.1) is 0 Å². The first kappa shape index (κ1) is 23.3. The van der Waals surface area contributed by atoms with E-state index in [0.29, 0.717) is 36.1 Å². The number of hydrogen-bond acceptors (Lipinski definition) is 6. The quantitative estimate of drug-likeness (QED) is 0.313. The molecular weight excluding hydrogens is 449 g/mol. The molecule has 4 rings (SSSR count). The summed E-state index contributed by atoms with van der Waals surface area (Å²) in [5.74, 6) is 1.08.